The molecule has 2 atom stereocenters. The van der Waals surface area contributed by atoms with Gasteiger partial charge in [-0.05, 0) is 77.2 Å². The van der Waals surface area contributed by atoms with Crippen molar-refractivity contribution in [1.82, 2.24) is 0 Å². The average Bonchev–Trinajstić information content (AvgIpc) is 3.36. The lowest BCUT2D eigenvalue weighted by atomic mass is 9.55. The summed E-state index contributed by atoms with van der Waals surface area (Å²) in [5.41, 5.74) is 5.74. The molecule has 0 radical (unpaired) electrons. The van der Waals surface area contributed by atoms with Gasteiger partial charge in [-0.2, -0.15) is 0 Å². The van der Waals surface area contributed by atoms with E-state index in [1.54, 1.807) is 24.3 Å². The number of esters is 2. The molecule has 230 valence electrons. The van der Waals surface area contributed by atoms with Gasteiger partial charge in [0.05, 0.1) is 35.3 Å². The number of carbonyl (C=O) groups excluding carboxylic acids is 5. The summed E-state index contributed by atoms with van der Waals surface area (Å²) >= 11 is 0. The van der Waals surface area contributed by atoms with Crippen molar-refractivity contribution < 1.29 is 33.4 Å². The molecule has 1 saturated heterocycles. The van der Waals surface area contributed by atoms with Gasteiger partial charge in [-0.25, -0.2) is 14.5 Å². The second-order valence-corrected chi connectivity index (χ2v) is 11.7. The van der Waals surface area contributed by atoms with Gasteiger partial charge in [0.15, 0.2) is 6.61 Å². The molecule has 1 heterocycles. The Morgan fingerprint density at radius 3 is 1.59 bits per heavy atom. The van der Waals surface area contributed by atoms with Crippen LogP contribution in [0.2, 0.25) is 0 Å². The van der Waals surface area contributed by atoms with Crippen LogP contribution in [0.15, 0.2) is 97.1 Å². The van der Waals surface area contributed by atoms with E-state index in [2.05, 4.69) is 29.6 Å². The fourth-order valence-electron chi connectivity index (χ4n) is 7.06. The monoisotopic (exact) mass is 614 g/mol. The molecular weight excluding hydrogens is 584 g/mol. The van der Waals surface area contributed by atoms with E-state index in [1.165, 1.54) is 29.2 Å². The second kappa shape index (κ2) is 11.7. The first kappa shape index (κ1) is 29.2. The van der Waals surface area contributed by atoms with Crippen molar-refractivity contribution in [3.63, 3.8) is 0 Å². The van der Waals surface area contributed by atoms with Crippen molar-refractivity contribution in [2.45, 2.75) is 25.2 Å². The molecule has 4 aromatic rings. The summed E-state index contributed by atoms with van der Waals surface area (Å²) in [5.74, 6) is -3.63. The summed E-state index contributed by atoms with van der Waals surface area (Å²) < 4.78 is 10.3. The highest BCUT2D eigenvalue weighted by atomic mass is 16.5. The predicted molar refractivity (Wildman–Crippen MR) is 168 cm³/mol. The quantitative estimate of drug-likeness (QED) is 0.207. The summed E-state index contributed by atoms with van der Waals surface area (Å²) in [5, 5.41) is 2.61. The van der Waals surface area contributed by atoms with Crippen LogP contribution in [0.4, 0.5) is 11.4 Å². The zero-order chi connectivity index (χ0) is 31.9. The van der Waals surface area contributed by atoms with Crippen LogP contribution in [0, 0.1) is 11.8 Å². The molecule has 1 fully saturated rings. The first-order valence-electron chi connectivity index (χ1n) is 15.3. The maximum absolute atomic E-state index is 13.9. The summed E-state index contributed by atoms with van der Waals surface area (Å²) in [7, 11) is 0. The molecule has 1 aliphatic heterocycles. The van der Waals surface area contributed by atoms with Crippen LogP contribution in [0.5, 0.6) is 0 Å². The highest BCUT2D eigenvalue weighted by Crippen LogP contribution is 2.61. The van der Waals surface area contributed by atoms with Crippen LogP contribution in [0.1, 0.15) is 68.2 Å². The van der Waals surface area contributed by atoms with Gasteiger partial charge in [-0.3, -0.25) is 14.4 Å². The third kappa shape index (κ3) is 4.84. The number of carbonyl (C=O) groups is 5. The van der Waals surface area contributed by atoms with Gasteiger partial charge in [-0.15, -0.1) is 0 Å². The smallest absolute Gasteiger partial charge is 0.338 e. The Balaban J connectivity index is 1.01. The van der Waals surface area contributed by atoms with Gasteiger partial charge < -0.3 is 14.8 Å². The van der Waals surface area contributed by atoms with Crippen LogP contribution < -0.4 is 10.2 Å². The van der Waals surface area contributed by atoms with E-state index in [9.17, 15) is 24.0 Å². The minimum atomic E-state index is -0.729. The van der Waals surface area contributed by atoms with Crippen LogP contribution in [0.25, 0.3) is 0 Å². The maximum atomic E-state index is 13.9. The van der Waals surface area contributed by atoms with Crippen molar-refractivity contribution in [1.29, 1.82) is 0 Å². The SMILES string of the molecule is CCCOC(=O)c1ccc(NC(=O)COC(=O)c2ccc(N3C(=O)[C@H]4C5c6ccccc6C(c6ccccc65)[C@@H]4C3=O)cc2)cc1. The van der Waals surface area contributed by atoms with E-state index in [1.807, 2.05) is 31.2 Å². The number of imide groups is 1. The Morgan fingerprint density at radius 1 is 0.652 bits per heavy atom. The lowest BCUT2D eigenvalue weighted by Crippen LogP contribution is -2.41. The molecule has 8 rings (SSSR count). The predicted octanol–water partition coefficient (Wildman–Crippen LogP) is 5.45. The normalized spacial score (nSPS) is 20.4. The van der Waals surface area contributed by atoms with Crippen LogP contribution in [-0.4, -0.2) is 42.9 Å². The summed E-state index contributed by atoms with van der Waals surface area (Å²) in [6, 6.07) is 28.4. The number of anilines is 2. The highest BCUT2D eigenvalue weighted by Gasteiger charge is 2.61. The Bertz CT molecular complexity index is 1770. The third-order valence-corrected chi connectivity index (χ3v) is 8.99. The first-order valence-corrected chi connectivity index (χ1v) is 15.3. The second-order valence-electron chi connectivity index (χ2n) is 11.7. The van der Waals surface area contributed by atoms with Gasteiger partial charge in [0.1, 0.15) is 0 Å². The Hall–Kier alpha value is -5.57. The topological polar surface area (TPSA) is 119 Å². The molecular formula is C37H30N2O7. The lowest BCUT2D eigenvalue weighted by Gasteiger charge is -2.45. The van der Waals surface area contributed by atoms with Gasteiger partial charge in [-0.1, -0.05) is 55.5 Å². The minimum Gasteiger partial charge on any atom is -0.462 e. The van der Waals surface area contributed by atoms with Crippen molar-refractivity contribution in [3.8, 4) is 0 Å². The zero-order valence-corrected chi connectivity index (χ0v) is 25.0. The number of hydrogen-bond acceptors (Lipinski definition) is 7. The number of hydrogen-bond donors (Lipinski definition) is 1. The molecule has 0 spiro atoms. The maximum Gasteiger partial charge on any atom is 0.338 e. The number of nitrogens with zero attached hydrogens (tertiary/aromatic N) is 1. The van der Waals surface area contributed by atoms with E-state index >= 15 is 0 Å². The van der Waals surface area contributed by atoms with Gasteiger partial charge >= 0.3 is 11.9 Å². The standard InChI is InChI=1S/C37H30N2O7/c1-2-19-45-36(43)21-11-15-23(16-12-21)38-29(40)20-46-37(44)22-13-17-24(18-14-22)39-34(41)32-30-25-7-3-4-8-26(25)31(33(32)35(39)42)28-10-6-5-9-27(28)30/h3-18,30-33H,2,19-20H2,1H3,(H,38,40)/t30?,31?,32-,33-/m0/s1. The highest BCUT2D eigenvalue weighted by molar-refractivity contribution is 6.23. The van der Waals surface area contributed by atoms with Gasteiger partial charge in [0, 0.05) is 17.5 Å². The number of rotatable bonds is 8. The van der Waals surface area contributed by atoms with Crippen molar-refractivity contribution >= 4 is 41.0 Å². The molecule has 3 amide bonds. The Kier molecular flexibility index (Phi) is 7.44. The summed E-state index contributed by atoms with van der Waals surface area (Å²) in [6.07, 6.45) is 0.716. The van der Waals surface area contributed by atoms with E-state index in [0.29, 0.717) is 30.0 Å². The number of benzene rings is 4. The van der Waals surface area contributed by atoms with Crippen molar-refractivity contribution in [3.05, 3.63) is 130 Å². The number of amides is 3. The molecule has 4 aromatic carbocycles. The minimum absolute atomic E-state index is 0.169. The molecule has 4 aliphatic rings. The largest absolute Gasteiger partial charge is 0.462 e. The average molecular weight is 615 g/mol. The fraction of sp³-hybridized carbons (Fsp3) is 0.216. The third-order valence-electron chi connectivity index (χ3n) is 8.99. The molecule has 1 N–H and O–H groups in total. The molecule has 9 nitrogen and oxygen atoms in total. The lowest BCUT2D eigenvalue weighted by molar-refractivity contribution is -0.122. The Labute approximate surface area is 265 Å². The Morgan fingerprint density at radius 2 is 1.11 bits per heavy atom. The van der Waals surface area contributed by atoms with Gasteiger partial charge in [0.25, 0.3) is 5.91 Å². The molecule has 46 heavy (non-hydrogen) atoms. The van der Waals surface area contributed by atoms with E-state index < -0.39 is 36.3 Å². The summed E-state index contributed by atoms with van der Waals surface area (Å²) in [6.45, 7) is 1.70. The van der Waals surface area contributed by atoms with Crippen molar-refractivity contribution in [2.24, 2.45) is 11.8 Å². The van der Waals surface area contributed by atoms with Crippen LogP contribution in [-0.2, 0) is 23.9 Å². The van der Waals surface area contributed by atoms with E-state index in [0.717, 1.165) is 22.3 Å². The van der Waals surface area contributed by atoms with Gasteiger partial charge in [0.2, 0.25) is 11.8 Å². The number of ether oxygens (including phenoxy) is 2. The van der Waals surface area contributed by atoms with E-state index in [-0.39, 0.29) is 29.2 Å². The first-order chi connectivity index (χ1) is 22.4. The molecule has 2 bridgehead atoms. The van der Waals surface area contributed by atoms with Crippen LogP contribution in [0.3, 0.4) is 0 Å². The molecule has 0 aromatic heterocycles. The summed E-state index contributed by atoms with van der Waals surface area (Å²) in [4.78, 5) is 66.2. The van der Waals surface area contributed by atoms with Crippen LogP contribution >= 0.6 is 0 Å². The number of nitrogens with one attached hydrogen (secondary N) is 1. The molecule has 3 aliphatic carbocycles. The van der Waals surface area contributed by atoms with Crippen molar-refractivity contribution in [2.75, 3.05) is 23.4 Å². The fourth-order valence-corrected chi connectivity index (χ4v) is 7.06. The molecule has 0 unspecified atom stereocenters. The molecule has 9 heteroatoms. The zero-order valence-electron chi connectivity index (χ0n) is 25.0. The molecule has 0 saturated carbocycles. The van der Waals surface area contributed by atoms with E-state index in [4.69, 9.17) is 9.47 Å².